The first kappa shape index (κ1) is 23.9. The molecule has 3 amide bonds. The van der Waals surface area contributed by atoms with Crippen molar-refractivity contribution in [3.05, 3.63) is 100 Å². The molecule has 5 rings (SSSR count). The summed E-state index contributed by atoms with van der Waals surface area (Å²) in [6.07, 6.45) is 0.497. The minimum atomic E-state index is -0.835. The average molecular weight is 504 g/mol. The molecule has 36 heavy (non-hydrogen) atoms. The van der Waals surface area contributed by atoms with Crippen molar-refractivity contribution in [1.82, 2.24) is 10.2 Å². The Bertz CT molecular complexity index is 1310. The van der Waals surface area contributed by atoms with E-state index in [2.05, 4.69) is 10.6 Å². The Morgan fingerprint density at radius 2 is 1.78 bits per heavy atom. The van der Waals surface area contributed by atoms with Crippen LogP contribution in [0.5, 0.6) is 0 Å². The van der Waals surface area contributed by atoms with Crippen LogP contribution >= 0.6 is 11.6 Å². The SMILES string of the molecule is Cc1ccc(CN2C(=O)O[C@@H](c3cccc(NC(=O)c4cccc(Cl)c4)c3)[C@@H]2C(=O)NC2CC2)cc1. The van der Waals surface area contributed by atoms with Crippen LogP contribution < -0.4 is 10.6 Å². The number of cyclic esters (lactones) is 1. The maximum absolute atomic E-state index is 13.3. The first-order valence-corrected chi connectivity index (χ1v) is 12.3. The molecule has 1 aliphatic carbocycles. The van der Waals surface area contributed by atoms with E-state index in [0.29, 0.717) is 21.8 Å². The van der Waals surface area contributed by atoms with E-state index in [1.165, 1.54) is 4.90 Å². The van der Waals surface area contributed by atoms with Crippen LogP contribution in [0.15, 0.2) is 72.8 Å². The van der Waals surface area contributed by atoms with Crippen LogP contribution in [0, 0.1) is 6.92 Å². The number of benzene rings is 3. The fourth-order valence-electron chi connectivity index (χ4n) is 4.24. The van der Waals surface area contributed by atoms with E-state index in [0.717, 1.165) is 24.0 Å². The smallest absolute Gasteiger partial charge is 0.411 e. The Morgan fingerprint density at radius 3 is 2.50 bits per heavy atom. The number of nitrogens with zero attached hydrogens (tertiary/aromatic N) is 1. The van der Waals surface area contributed by atoms with Crippen LogP contribution in [0.3, 0.4) is 0 Å². The van der Waals surface area contributed by atoms with Crippen molar-refractivity contribution in [3.8, 4) is 0 Å². The zero-order valence-electron chi connectivity index (χ0n) is 19.7. The van der Waals surface area contributed by atoms with Gasteiger partial charge in [-0.1, -0.05) is 59.6 Å². The number of rotatable bonds is 7. The number of carbonyl (C=O) groups is 3. The first-order valence-electron chi connectivity index (χ1n) is 11.9. The van der Waals surface area contributed by atoms with Crippen LogP contribution in [0.4, 0.5) is 10.5 Å². The van der Waals surface area contributed by atoms with E-state index in [9.17, 15) is 14.4 Å². The van der Waals surface area contributed by atoms with E-state index in [-0.39, 0.29) is 24.4 Å². The molecule has 0 bridgehead atoms. The molecule has 1 aliphatic heterocycles. The minimum absolute atomic E-state index is 0.137. The molecule has 1 saturated heterocycles. The fraction of sp³-hybridized carbons (Fsp3) is 0.250. The van der Waals surface area contributed by atoms with Crippen molar-refractivity contribution in [1.29, 1.82) is 0 Å². The molecule has 184 valence electrons. The second kappa shape index (κ2) is 10.0. The van der Waals surface area contributed by atoms with Gasteiger partial charge in [0.25, 0.3) is 5.91 Å². The highest BCUT2D eigenvalue weighted by Gasteiger charge is 2.48. The lowest BCUT2D eigenvalue weighted by Gasteiger charge is -2.24. The average Bonchev–Trinajstić information content (AvgIpc) is 3.62. The maximum atomic E-state index is 13.3. The maximum Gasteiger partial charge on any atom is 0.411 e. The van der Waals surface area contributed by atoms with Gasteiger partial charge < -0.3 is 15.4 Å². The van der Waals surface area contributed by atoms with Gasteiger partial charge in [-0.25, -0.2) is 4.79 Å². The molecule has 1 heterocycles. The summed E-state index contributed by atoms with van der Waals surface area (Å²) >= 11 is 6.01. The lowest BCUT2D eigenvalue weighted by atomic mass is 10.00. The standard InChI is InChI=1S/C28H26ClN3O4/c1-17-8-10-18(11-9-17)16-32-24(27(34)30-22-12-13-22)25(36-28(32)35)19-4-3-7-23(15-19)31-26(33)20-5-2-6-21(29)14-20/h2-11,14-15,22,24-25H,12-13,16H2,1H3,(H,30,34)(H,31,33)/t24-,25+/m1/s1. The van der Waals surface area contributed by atoms with E-state index < -0.39 is 18.2 Å². The summed E-state index contributed by atoms with van der Waals surface area (Å²) in [6.45, 7) is 2.25. The monoisotopic (exact) mass is 503 g/mol. The molecular weight excluding hydrogens is 478 g/mol. The molecule has 3 aromatic carbocycles. The summed E-state index contributed by atoms with van der Waals surface area (Å²) in [6, 6.07) is 20.8. The normalized spacial score (nSPS) is 19.1. The second-order valence-electron chi connectivity index (χ2n) is 9.24. The minimum Gasteiger partial charge on any atom is -0.438 e. The summed E-state index contributed by atoms with van der Waals surface area (Å²) < 4.78 is 5.75. The fourth-order valence-corrected chi connectivity index (χ4v) is 4.43. The highest BCUT2D eigenvalue weighted by molar-refractivity contribution is 6.31. The van der Waals surface area contributed by atoms with Gasteiger partial charge >= 0.3 is 6.09 Å². The number of hydrogen-bond donors (Lipinski definition) is 2. The molecule has 0 spiro atoms. The second-order valence-corrected chi connectivity index (χ2v) is 9.67. The quantitative estimate of drug-likeness (QED) is 0.461. The zero-order valence-corrected chi connectivity index (χ0v) is 20.5. The van der Waals surface area contributed by atoms with Gasteiger partial charge in [-0.2, -0.15) is 0 Å². The summed E-state index contributed by atoms with van der Waals surface area (Å²) in [5.74, 6) is -0.559. The highest BCUT2D eigenvalue weighted by atomic mass is 35.5. The predicted molar refractivity (Wildman–Crippen MR) is 137 cm³/mol. The van der Waals surface area contributed by atoms with E-state index in [4.69, 9.17) is 16.3 Å². The molecule has 2 N–H and O–H groups in total. The number of carbonyl (C=O) groups excluding carboxylic acids is 3. The van der Waals surface area contributed by atoms with E-state index in [1.54, 1.807) is 48.5 Å². The van der Waals surface area contributed by atoms with E-state index >= 15 is 0 Å². The molecule has 2 aliphatic rings. The Labute approximate surface area is 214 Å². The summed E-state index contributed by atoms with van der Waals surface area (Å²) in [5, 5.41) is 6.34. The number of hydrogen-bond acceptors (Lipinski definition) is 4. The predicted octanol–water partition coefficient (Wildman–Crippen LogP) is 5.24. The van der Waals surface area contributed by atoms with Gasteiger partial charge in [0.05, 0.1) is 6.54 Å². The number of nitrogens with one attached hydrogen (secondary N) is 2. The Morgan fingerprint density at radius 1 is 1.03 bits per heavy atom. The van der Waals surface area contributed by atoms with Crippen molar-refractivity contribution in [2.75, 3.05) is 5.32 Å². The van der Waals surface area contributed by atoms with Gasteiger partial charge in [-0.05, 0) is 61.2 Å². The van der Waals surface area contributed by atoms with Crippen LogP contribution in [0.2, 0.25) is 5.02 Å². The van der Waals surface area contributed by atoms with Gasteiger partial charge in [0.15, 0.2) is 12.1 Å². The number of anilines is 1. The molecule has 1 saturated carbocycles. The molecule has 0 radical (unpaired) electrons. The summed E-state index contributed by atoms with van der Waals surface area (Å²) in [4.78, 5) is 40.4. The largest absolute Gasteiger partial charge is 0.438 e. The molecule has 3 aromatic rings. The number of halogens is 1. The van der Waals surface area contributed by atoms with Gasteiger partial charge in [0.2, 0.25) is 5.91 Å². The summed E-state index contributed by atoms with van der Waals surface area (Å²) in [7, 11) is 0. The van der Waals surface area contributed by atoms with Gasteiger partial charge in [0, 0.05) is 22.3 Å². The third-order valence-corrected chi connectivity index (χ3v) is 6.55. The third-order valence-electron chi connectivity index (χ3n) is 6.31. The van der Waals surface area contributed by atoms with Crippen molar-refractivity contribution < 1.29 is 19.1 Å². The van der Waals surface area contributed by atoms with Crippen molar-refractivity contribution in [3.63, 3.8) is 0 Å². The molecule has 7 nitrogen and oxygen atoms in total. The van der Waals surface area contributed by atoms with Crippen LogP contribution in [-0.2, 0) is 16.1 Å². The molecule has 8 heteroatoms. The molecule has 2 atom stereocenters. The molecular formula is C28H26ClN3O4. The first-order chi connectivity index (χ1) is 17.4. The Hall–Kier alpha value is -3.84. The van der Waals surface area contributed by atoms with Crippen molar-refractivity contribution in [2.24, 2.45) is 0 Å². The number of aryl methyl sites for hydroxylation is 1. The van der Waals surface area contributed by atoms with Gasteiger partial charge in [0.1, 0.15) is 0 Å². The van der Waals surface area contributed by atoms with E-state index in [1.807, 2.05) is 31.2 Å². The van der Waals surface area contributed by atoms with Gasteiger partial charge in [-0.3, -0.25) is 14.5 Å². The van der Waals surface area contributed by atoms with Crippen molar-refractivity contribution >= 4 is 35.2 Å². The topological polar surface area (TPSA) is 87.7 Å². The lowest BCUT2D eigenvalue weighted by Crippen LogP contribution is -2.46. The molecule has 0 unspecified atom stereocenters. The van der Waals surface area contributed by atoms with Crippen LogP contribution in [-0.4, -0.2) is 34.9 Å². The van der Waals surface area contributed by atoms with Gasteiger partial charge in [-0.15, -0.1) is 0 Å². The number of amides is 3. The molecule has 0 aromatic heterocycles. The third kappa shape index (κ3) is 5.36. The Kier molecular flexibility index (Phi) is 6.65. The van der Waals surface area contributed by atoms with Crippen LogP contribution in [0.1, 0.15) is 46.0 Å². The number of ether oxygens (including phenoxy) is 1. The lowest BCUT2D eigenvalue weighted by molar-refractivity contribution is -0.126. The highest BCUT2D eigenvalue weighted by Crippen LogP contribution is 2.36. The van der Waals surface area contributed by atoms with Crippen molar-refractivity contribution in [2.45, 2.75) is 44.5 Å². The zero-order chi connectivity index (χ0) is 25.2. The summed E-state index contributed by atoms with van der Waals surface area (Å²) in [5.41, 5.74) is 3.58. The molecule has 2 fully saturated rings. The Balaban J connectivity index is 1.40. The van der Waals surface area contributed by atoms with Crippen LogP contribution in [0.25, 0.3) is 0 Å².